The van der Waals surface area contributed by atoms with E-state index >= 15 is 0 Å². The number of nitrogens with one attached hydrogen (secondary N) is 1. The van der Waals surface area contributed by atoms with Gasteiger partial charge in [-0.05, 0) is 6.42 Å². The summed E-state index contributed by atoms with van der Waals surface area (Å²) in [5.74, 6) is 2.12. The van der Waals surface area contributed by atoms with Crippen molar-refractivity contribution in [3.05, 3.63) is 23.8 Å². The molecule has 0 aromatic carbocycles. The van der Waals surface area contributed by atoms with Crippen molar-refractivity contribution < 1.29 is 0 Å². The van der Waals surface area contributed by atoms with E-state index in [2.05, 4.69) is 40.5 Å². The number of fused-ring (bicyclic) bond motifs is 1. The summed E-state index contributed by atoms with van der Waals surface area (Å²) in [6.07, 6.45) is 4.98. The number of aryl methyl sites for hydroxylation is 1. The van der Waals surface area contributed by atoms with E-state index in [0.29, 0.717) is 5.92 Å². The van der Waals surface area contributed by atoms with Crippen LogP contribution >= 0.6 is 0 Å². The summed E-state index contributed by atoms with van der Waals surface area (Å²) in [6, 6.07) is 0.245. The van der Waals surface area contributed by atoms with E-state index in [1.165, 1.54) is 5.56 Å². The Hall–Kier alpha value is -1.85. The Morgan fingerprint density at radius 2 is 2.28 bits per heavy atom. The van der Waals surface area contributed by atoms with Gasteiger partial charge in [0.15, 0.2) is 5.82 Å². The van der Waals surface area contributed by atoms with Gasteiger partial charge >= 0.3 is 0 Å². The normalized spacial score (nSPS) is 18.8. The minimum atomic E-state index is 0.245. The molecule has 1 unspecified atom stereocenters. The average Bonchev–Trinajstić information content (AvgIpc) is 2.94. The first kappa shape index (κ1) is 11.3. The predicted octanol–water partition coefficient (Wildman–Crippen LogP) is 1.54. The summed E-state index contributed by atoms with van der Waals surface area (Å²) < 4.78 is 3.83. The third-order valence-corrected chi connectivity index (χ3v) is 3.27. The smallest absolute Gasteiger partial charge is 0.221 e. The highest BCUT2D eigenvalue weighted by Gasteiger charge is 2.25. The van der Waals surface area contributed by atoms with E-state index < -0.39 is 0 Å². The Morgan fingerprint density at radius 1 is 1.44 bits per heavy atom. The molecule has 0 radical (unpaired) electrons. The number of nitrogens with zero attached hydrogens (tertiary/aromatic N) is 5. The summed E-state index contributed by atoms with van der Waals surface area (Å²) in [5.41, 5.74) is 1.19. The summed E-state index contributed by atoms with van der Waals surface area (Å²) in [5, 5.41) is 12.2. The van der Waals surface area contributed by atoms with Gasteiger partial charge in [0, 0.05) is 31.3 Å². The topological polar surface area (TPSA) is 60.6 Å². The van der Waals surface area contributed by atoms with Crippen molar-refractivity contribution in [1.82, 2.24) is 24.5 Å². The lowest BCUT2D eigenvalue weighted by Crippen LogP contribution is -2.24. The van der Waals surface area contributed by atoms with Crippen LogP contribution in [0, 0.1) is 0 Å². The van der Waals surface area contributed by atoms with Crippen LogP contribution in [-0.2, 0) is 7.05 Å². The Bertz CT molecular complexity index is 553. The van der Waals surface area contributed by atoms with Gasteiger partial charge in [-0.3, -0.25) is 4.68 Å². The minimum Gasteiger partial charge on any atom is -0.354 e. The molecule has 0 fully saturated rings. The minimum absolute atomic E-state index is 0.245. The second kappa shape index (κ2) is 4.12. The summed E-state index contributed by atoms with van der Waals surface area (Å²) >= 11 is 0. The Balaban J connectivity index is 2.01. The fourth-order valence-electron chi connectivity index (χ4n) is 2.29. The van der Waals surface area contributed by atoms with Crippen LogP contribution in [-0.4, -0.2) is 31.1 Å². The fourth-order valence-corrected chi connectivity index (χ4v) is 2.29. The number of rotatable bonds is 2. The molecular weight excluding hydrogens is 228 g/mol. The van der Waals surface area contributed by atoms with Crippen LogP contribution < -0.4 is 5.32 Å². The molecule has 0 bridgehead atoms. The highest BCUT2D eigenvalue weighted by Crippen LogP contribution is 2.28. The van der Waals surface area contributed by atoms with Crippen LogP contribution in [0.15, 0.2) is 12.4 Å². The quantitative estimate of drug-likeness (QED) is 0.873. The molecular formula is C12H18N6. The lowest BCUT2D eigenvalue weighted by Gasteiger charge is -2.23. The number of anilines is 1. The predicted molar refractivity (Wildman–Crippen MR) is 68.6 cm³/mol. The molecule has 3 rings (SSSR count). The zero-order valence-electron chi connectivity index (χ0n) is 11.0. The van der Waals surface area contributed by atoms with Crippen molar-refractivity contribution in [3.63, 3.8) is 0 Å². The van der Waals surface area contributed by atoms with E-state index in [1.54, 1.807) is 0 Å². The first-order valence-corrected chi connectivity index (χ1v) is 6.34. The van der Waals surface area contributed by atoms with Gasteiger partial charge < -0.3 is 5.32 Å². The molecule has 0 saturated carbocycles. The Kier molecular flexibility index (Phi) is 2.57. The molecule has 0 aliphatic carbocycles. The molecule has 0 spiro atoms. The van der Waals surface area contributed by atoms with Gasteiger partial charge in [-0.1, -0.05) is 13.8 Å². The second-order valence-electron chi connectivity index (χ2n) is 5.07. The molecule has 6 nitrogen and oxygen atoms in total. The van der Waals surface area contributed by atoms with Crippen LogP contribution in [0.2, 0.25) is 0 Å². The third kappa shape index (κ3) is 1.77. The van der Waals surface area contributed by atoms with E-state index in [1.807, 2.05) is 22.6 Å². The summed E-state index contributed by atoms with van der Waals surface area (Å²) in [7, 11) is 1.94. The molecule has 0 amide bonds. The van der Waals surface area contributed by atoms with E-state index in [4.69, 9.17) is 0 Å². The second-order valence-corrected chi connectivity index (χ2v) is 5.07. The number of hydrogen-bond acceptors (Lipinski definition) is 4. The Labute approximate surface area is 106 Å². The van der Waals surface area contributed by atoms with Crippen molar-refractivity contribution >= 4 is 5.95 Å². The SMILES string of the molecule is CC(C)c1nc2n(n1)C(c1cnn(C)c1)CCN2. The maximum atomic E-state index is 4.62. The summed E-state index contributed by atoms with van der Waals surface area (Å²) in [6.45, 7) is 5.15. The van der Waals surface area contributed by atoms with Gasteiger partial charge in [0.25, 0.3) is 0 Å². The molecule has 1 atom stereocenters. The average molecular weight is 246 g/mol. The lowest BCUT2D eigenvalue weighted by atomic mass is 10.1. The standard InChI is InChI=1S/C12H18N6/c1-8(2)11-15-12-13-5-4-10(18(12)16-11)9-6-14-17(3)7-9/h6-8,10H,4-5H2,1-3H3,(H,13,15,16). The van der Waals surface area contributed by atoms with Crippen LogP contribution in [0.25, 0.3) is 0 Å². The van der Waals surface area contributed by atoms with Gasteiger partial charge in [-0.2, -0.15) is 15.2 Å². The van der Waals surface area contributed by atoms with Crippen molar-refractivity contribution in [2.45, 2.75) is 32.2 Å². The van der Waals surface area contributed by atoms with Gasteiger partial charge in [-0.15, -0.1) is 0 Å². The first-order valence-electron chi connectivity index (χ1n) is 6.34. The molecule has 1 aliphatic rings. The van der Waals surface area contributed by atoms with E-state index in [9.17, 15) is 0 Å². The van der Waals surface area contributed by atoms with Crippen LogP contribution in [0.4, 0.5) is 5.95 Å². The summed E-state index contributed by atoms with van der Waals surface area (Å²) in [4.78, 5) is 4.55. The van der Waals surface area contributed by atoms with Gasteiger partial charge in [0.1, 0.15) is 0 Å². The first-order chi connectivity index (χ1) is 8.65. The van der Waals surface area contributed by atoms with Gasteiger partial charge in [-0.25, -0.2) is 4.68 Å². The zero-order valence-corrected chi connectivity index (χ0v) is 11.0. The molecule has 1 aliphatic heterocycles. The number of hydrogen-bond donors (Lipinski definition) is 1. The molecule has 1 N–H and O–H groups in total. The van der Waals surface area contributed by atoms with E-state index in [-0.39, 0.29) is 6.04 Å². The van der Waals surface area contributed by atoms with Crippen LogP contribution in [0.1, 0.15) is 43.6 Å². The number of aromatic nitrogens is 5. The molecule has 0 saturated heterocycles. The fraction of sp³-hybridized carbons (Fsp3) is 0.583. The monoisotopic (exact) mass is 246 g/mol. The van der Waals surface area contributed by atoms with Crippen molar-refractivity contribution in [2.75, 3.05) is 11.9 Å². The molecule has 6 heteroatoms. The van der Waals surface area contributed by atoms with Crippen molar-refractivity contribution in [2.24, 2.45) is 7.05 Å². The molecule has 2 aromatic heterocycles. The van der Waals surface area contributed by atoms with Gasteiger partial charge in [0.05, 0.1) is 12.2 Å². The third-order valence-electron chi connectivity index (χ3n) is 3.27. The molecule has 3 heterocycles. The van der Waals surface area contributed by atoms with Crippen LogP contribution in [0.3, 0.4) is 0 Å². The molecule has 18 heavy (non-hydrogen) atoms. The zero-order chi connectivity index (χ0) is 12.7. The van der Waals surface area contributed by atoms with Crippen LogP contribution in [0.5, 0.6) is 0 Å². The lowest BCUT2D eigenvalue weighted by molar-refractivity contribution is 0.475. The highest BCUT2D eigenvalue weighted by molar-refractivity contribution is 5.32. The van der Waals surface area contributed by atoms with E-state index in [0.717, 1.165) is 24.7 Å². The maximum absolute atomic E-state index is 4.62. The molecule has 96 valence electrons. The van der Waals surface area contributed by atoms with Gasteiger partial charge in [0.2, 0.25) is 5.95 Å². The Morgan fingerprint density at radius 3 is 2.94 bits per heavy atom. The largest absolute Gasteiger partial charge is 0.354 e. The van der Waals surface area contributed by atoms with Crippen molar-refractivity contribution in [3.8, 4) is 0 Å². The maximum Gasteiger partial charge on any atom is 0.221 e. The van der Waals surface area contributed by atoms with Crippen molar-refractivity contribution in [1.29, 1.82) is 0 Å². The highest BCUT2D eigenvalue weighted by atomic mass is 15.4. The molecule has 2 aromatic rings.